The number of hydrogen-bond acceptors (Lipinski definition) is 3. The van der Waals surface area contributed by atoms with Gasteiger partial charge in [0.25, 0.3) is 0 Å². The summed E-state index contributed by atoms with van der Waals surface area (Å²) in [6.07, 6.45) is 0. The quantitative estimate of drug-likeness (QED) is 0.174. The first-order valence-electron chi connectivity index (χ1n) is 19.8. The van der Waals surface area contributed by atoms with Gasteiger partial charge in [-0.25, -0.2) is 0 Å². The Balaban J connectivity index is 1.19. The summed E-state index contributed by atoms with van der Waals surface area (Å²) in [5.41, 5.74) is 8.08. The molecule has 0 saturated heterocycles. The highest BCUT2D eigenvalue weighted by Crippen LogP contribution is 2.50. The first-order valence-corrected chi connectivity index (χ1v) is 17.6. The van der Waals surface area contributed by atoms with Gasteiger partial charge >= 0.3 is 0 Å². The summed E-state index contributed by atoms with van der Waals surface area (Å²) in [7, 11) is 0. The standard InChI is InChI=1S/C48H31NOS/c1-3-11-32(12-4-1)33-19-24-37(25-20-33)49(38-26-21-34(22-27-38)36-23-28-41-40-15-7-9-17-44(40)50-45(41)31-36)47-39(35-13-5-2-6-14-35)29-30-43-42-16-8-10-18-46(42)51-48(43)47/h1-31H/i7D,15D,17D,23D,28D,31D. The van der Waals surface area contributed by atoms with E-state index in [1.807, 2.05) is 48.5 Å². The highest BCUT2D eigenvalue weighted by atomic mass is 32.1. The van der Waals surface area contributed by atoms with E-state index in [1.165, 1.54) is 16.2 Å². The zero-order valence-corrected chi connectivity index (χ0v) is 28.0. The Morgan fingerprint density at radius 3 is 1.82 bits per heavy atom. The van der Waals surface area contributed by atoms with E-state index in [1.54, 1.807) is 11.3 Å². The molecular formula is C48H31NOS. The molecule has 0 bridgehead atoms. The molecule has 0 unspecified atom stereocenters. The number of benzene rings is 8. The second-order valence-electron chi connectivity index (χ2n) is 12.4. The largest absolute Gasteiger partial charge is 0.456 e. The molecule has 0 aliphatic rings. The average Bonchev–Trinajstić information content (AvgIpc) is 3.85. The second-order valence-corrected chi connectivity index (χ2v) is 13.5. The van der Waals surface area contributed by atoms with Crippen LogP contribution in [0, 0.1) is 0 Å². The summed E-state index contributed by atoms with van der Waals surface area (Å²) in [6.45, 7) is 0. The Morgan fingerprint density at radius 2 is 1.08 bits per heavy atom. The molecule has 0 amide bonds. The van der Waals surface area contributed by atoms with Crippen LogP contribution < -0.4 is 4.90 Å². The Hall–Kier alpha value is -6.42. The maximum Gasteiger partial charge on any atom is 0.136 e. The third kappa shape index (κ3) is 5.10. The van der Waals surface area contributed by atoms with E-state index < -0.39 is 0 Å². The number of rotatable bonds is 6. The highest BCUT2D eigenvalue weighted by molar-refractivity contribution is 7.26. The van der Waals surface area contributed by atoms with Crippen LogP contribution in [0.15, 0.2) is 192 Å². The molecule has 3 heteroatoms. The minimum Gasteiger partial charge on any atom is -0.456 e. The fraction of sp³-hybridized carbons (Fsp3) is 0. The molecule has 0 saturated carbocycles. The van der Waals surface area contributed by atoms with Gasteiger partial charge in [0.2, 0.25) is 0 Å². The van der Waals surface area contributed by atoms with Gasteiger partial charge < -0.3 is 9.32 Å². The van der Waals surface area contributed by atoms with Gasteiger partial charge in [0, 0.05) is 43.2 Å². The zero-order chi connectivity index (χ0) is 38.9. The van der Waals surface area contributed by atoms with E-state index in [0.717, 1.165) is 49.4 Å². The van der Waals surface area contributed by atoms with Crippen molar-refractivity contribution in [1.82, 2.24) is 0 Å². The molecule has 0 atom stereocenters. The summed E-state index contributed by atoms with van der Waals surface area (Å²) in [6, 6.07) is 50.2. The number of fused-ring (bicyclic) bond motifs is 6. The predicted molar refractivity (Wildman–Crippen MR) is 218 cm³/mol. The van der Waals surface area contributed by atoms with Crippen LogP contribution in [-0.4, -0.2) is 0 Å². The molecule has 2 aromatic heterocycles. The number of furan rings is 1. The van der Waals surface area contributed by atoms with Crippen LogP contribution in [0.25, 0.3) is 75.5 Å². The van der Waals surface area contributed by atoms with E-state index in [4.69, 9.17) is 11.3 Å². The maximum atomic E-state index is 9.23. The van der Waals surface area contributed by atoms with Crippen molar-refractivity contribution < 1.29 is 12.6 Å². The Kier molecular flexibility index (Phi) is 5.69. The molecule has 2 heterocycles. The van der Waals surface area contributed by atoms with Gasteiger partial charge in [-0.1, -0.05) is 139 Å². The van der Waals surface area contributed by atoms with E-state index in [0.29, 0.717) is 5.56 Å². The van der Waals surface area contributed by atoms with Crippen LogP contribution in [0.5, 0.6) is 0 Å². The maximum absolute atomic E-state index is 9.23. The molecule has 0 aliphatic carbocycles. The molecule has 240 valence electrons. The fourth-order valence-corrected chi connectivity index (χ4v) is 8.19. The summed E-state index contributed by atoms with van der Waals surface area (Å²) in [5, 5.41) is 2.59. The molecule has 2 nitrogen and oxygen atoms in total. The minimum atomic E-state index is -0.207. The highest BCUT2D eigenvalue weighted by Gasteiger charge is 2.23. The average molecular weight is 676 g/mol. The van der Waals surface area contributed by atoms with Gasteiger partial charge in [-0.3, -0.25) is 0 Å². The lowest BCUT2D eigenvalue weighted by Gasteiger charge is -2.29. The zero-order valence-electron chi connectivity index (χ0n) is 33.2. The van der Waals surface area contributed by atoms with E-state index in [2.05, 4.69) is 102 Å². The molecular weight excluding hydrogens is 639 g/mol. The molecule has 10 aromatic rings. The van der Waals surface area contributed by atoms with Crippen LogP contribution in [0.4, 0.5) is 17.1 Å². The van der Waals surface area contributed by atoms with Crippen molar-refractivity contribution in [3.05, 3.63) is 188 Å². The first kappa shape index (κ1) is 23.9. The molecule has 0 radical (unpaired) electrons. The monoisotopic (exact) mass is 675 g/mol. The minimum absolute atomic E-state index is 0.0294. The van der Waals surface area contributed by atoms with Gasteiger partial charge in [-0.15, -0.1) is 11.3 Å². The van der Waals surface area contributed by atoms with Crippen LogP contribution >= 0.6 is 11.3 Å². The van der Waals surface area contributed by atoms with Crippen molar-refractivity contribution in [2.24, 2.45) is 0 Å². The molecule has 8 aromatic carbocycles. The lowest BCUT2D eigenvalue weighted by Crippen LogP contribution is -2.11. The van der Waals surface area contributed by atoms with Crippen LogP contribution in [0.1, 0.15) is 8.22 Å². The third-order valence-corrected chi connectivity index (χ3v) is 10.6. The topological polar surface area (TPSA) is 16.4 Å². The van der Waals surface area contributed by atoms with Crippen LogP contribution in [0.2, 0.25) is 0 Å². The summed E-state index contributed by atoms with van der Waals surface area (Å²) in [5.74, 6) is 0. The van der Waals surface area contributed by atoms with Crippen molar-refractivity contribution in [2.75, 3.05) is 4.90 Å². The van der Waals surface area contributed by atoms with Crippen molar-refractivity contribution in [3.8, 4) is 33.4 Å². The van der Waals surface area contributed by atoms with Crippen molar-refractivity contribution in [3.63, 3.8) is 0 Å². The Morgan fingerprint density at radius 1 is 0.451 bits per heavy atom. The van der Waals surface area contributed by atoms with Crippen LogP contribution in [0.3, 0.4) is 0 Å². The van der Waals surface area contributed by atoms with Crippen molar-refractivity contribution in [2.45, 2.75) is 0 Å². The second kappa shape index (κ2) is 12.2. The van der Waals surface area contributed by atoms with Gasteiger partial charge in [-0.2, -0.15) is 0 Å². The van der Waals surface area contributed by atoms with Gasteiger partial charge in [-0.05, 0) is 76.3 Å². The molecule has 51 heavy (non-hydrogen) atoms. The van der Waals surface area contributed by atoms with Gasteiger partial charge in [0.05, 0.1) is 18.6 Å². The fourth-order valence-electron chi connectivity index (χ4n) is 6.95. The van der Waals surface area contributed by atoms with Crippen molar-refractivity contribution >= 4 is 70.5 Å². The van der Waals surface area contributed by atoms with E-state index in [9.17, 15) is 1.37 Å². The molecule has 0 aliphatic heterocycles. The number of anilines is 3. The molecule has 0 fully saturated rings. The first-order chi connectivity index (χ1) is 27.8. The summed E-state index contributed by atoms with van der Waals surface area (Å²) < 4.78 is 60.7. The Labute approximate surface area is 308 Å². The Bertz CT molecular complexity index is 3180. The third-order valence-electron chi connectivity index (χ3n) is 9.41. The van der Waals surface area contributed by atoms with Gasteiger partial charge in [0.1, 0.15) is 11.2 Å². The smallest absolute Gasteiger partial charge is 0.136 e. The molecule has 0 spiro atoms. The summed E-state index contributed by atoms with van der Waals surface area (Å²) >= 11 is 1.76. The van der Waals surface area contributed by atoms with E-state index in [-0.39, 0.29) is 63.8 Å². The van der Waals surface area contributed by atoms with Gasteiger partial charge in [0.15, 0.2) is 0 Å². The van der Waals surface area contributed by atoms with E-state index >= 15 is 0 Å². The molecule has 0 N–H and O–H groups in total. The SMILES string of the molecule is [2H]c1cc([2H])c2oc3c([2H])c(-c4ccc(N(c5ccc(-c6ccccc6)cc5)c5c(-c6ccccc6)ccc6c5sc5ccccc56)cc4)c([2H])c([2H])c3c2c1[2H]. The van der Waals surface area contributed by atoms with Crippen LogP contribution in [-0.2, 0) is 0 Å². The molecule has 10 rings (SSSR count). The lowest BCUT2D eigenvalue weighted by atomic mass is 9.98. The predicted octanol–water partition coefficient (Wildman–Crippen LogP) is 14.4. The lowest BCUT2D eigenvalue weighted by molar-refractivity contribution is 0.669. The number of para-hydroxylation sites is 1. The summed E-state index contributed by atoms with van der Waals surface area (Å²) in [4.78, 5) is 2.28. The number of nitrogens with zero attached hydrogens (tertiary/aromatic N) is 1. The number of thiophene rings is 1. The normalized spacial score (nSPS) is 13.2. The number of hydrogen-bond donors (Lipinski definition) is 0. The van der Waals surface area contributed by atoms with Crippen molar-refractivity contribution in [1.29, 1.82) is 0 Å².